The topological polar surface area (TPSA) is 72.3 Å². The van der Waals surface area contributed by atoms with Crippen LogP contribution in [0.15, 0.2) is 58.6 Å². The lowest BCUT2D eigenvalue weighted by molar-refractivity contribution is 0.102. The van der Waals surface area contributed by atoms with Crippen molar-refractivity contribution >= 4 is 38.6 Å². The first-order valence-corrected chi connectivity index (χ1v) is 11.9. The highest BCUT2D eigenvalue weighted by Crippen LogP contribution is 2.28. The average molecular weight is 432 g/mol. The molecule has 2 aromatic carbocycles. The molecule has 29 heavy (non-hydrogen) atoms. The zero-order chi connectivity index (χ0) is 21.0. The van der Waals surface area contributed by atoms with Gasteiger partial charge in [0.1, 0.15) is 0 Å². The van der Waals surface area contributed by atoms with E-state index < -0.39 is 10.0 Å². The van der Waals surface area contributed by atoms with Crippen molar-refractivity contribution in [1.29, 1.82) is 0 Å². The highest BCUT2D eigenvalue weighted by atomic mass is 32.2. The highest BCUT2D eigenvalue weighted by molar-refractivity contribution is 7.99. The second-order valence-corrected chi connectivity index (χ2v) is 10.0. The van der Waals surface area contributed by atoms with E-state index in [1.807, 2.05) is 18.2 Å². The van der Waals surface area contributed by atoms with E-state index in [-0.39, 0.29) is 16.4 Å². The van der Waals surface area contributed by atoms with Crippen LogP contribution in [0, 0.1) is 0 Å². The summed E-state index contributed by atoms with van der Waals surface area (Å²) < 4.78 is 28.2. The van der Waals surface area contributed by atoms with E-state index in [1.165, 1.54) is 30.2 Å². The van der Waals surface area contributed by atoms with E-state index in [0.29, 0.717) is 11.1 Å². The van der Waals surface area contributed by atoms with Gasteiger partial charge in [0.05, 0.1) is 21.7 Å². The molecule has 3 aromatic rings. The fourth-order valence-electron chi connectivity index (χ4n) is 2.94. The number of aryl methyl sites for hydroxylation is 1. The van der Waals surface area contributed by atoms with Gasteiger partial charge in [-0.15, -0.1) is 0 Å². The molecule has 8 heteroatoms. The van der Waals surface area contributed by atoms with Gasteiger partial charge in [-0.25, -0.2) is 17.7 Å². The largest absolute Gasteiger partial charge is 0.319 e. The number of hydrogen-bond donors (Lipinski definition) is 0. The number of imidazole rings is 1. The van der Waals surface area contributed by atoms with E-state index in [2.05, 4.69) is 16.5 Å². The molecule has 3 rings (SSSR count). The molecular formula is C21H25N3O3S2. The standard InChI is InChI=1S/C21H25N3O3S2/c1-4-5-13-24-19-12-11-17(29(26,27)23(2)3)14-18(19)22-21(24)28-15-20(25)16-9-7-6-8-10-16/h6-12,14H,4-5,13,15H2,1-3H3. The number of nitrogens with zero attached hydrogens (tertiary/aromatic N) is 3. The Morgan fingerprint density at radius 3 is 2.52 bits per heavy atom. The Kier molecular flexibility index (Phi) is 6.77. The van der Waals surface area contributed by atoms with Crippen molar-refractivity contribution < 1.29 is 13.2 Å². The van der Waals surface area contributed by atoms with Crippen molar-refractivity contribution in [1.82, 2.24) is 13.9 Å². The SMILES string of the molecule is CCCCn1c(SCC(=O)c2ccccc2)nc2cc(S(=O)(=O)N(C)C)ccc21. The fourth-order valence-corrected chi connectivity index (χ4v) is 4.80. The molecule has 0 N–H and O–H groups in total. The van der Waals surface area contributed by atoms with Crippen molar-refractivity contribution in [3.8, 4) is 0 Å². The lowest BCUT2D eigenvalue weighted by Gasteiger charge is -2.11. The molecule has 154 valence electrons. The fraction of sp³-hybridized carbons (Fsp3) is 0.333. The number of carbonyl (C=O) groups excluding carboxylic acids is 1. The summed E-state index contributed by atoms with van der Waals surface area (Å²) in [6, 6.07) is 14.2. The molecule has 6 nitrogen and oxygen atoms in total. The minimum atomic E-state index is -3.53. The zero-order valence-electron chi connectivity index (χ0n) is 16.8. The number of fused-ring (bicyclic) bond motifs is 1. The Bertz CT molecular complexity index is 1110. The highest BCUT2D eigenvalue weighted by Gasteiger charge is 2.20. The van der Waals surface area contributed by atoms with Gasteiger partial charge in [0.2, 0.25) is 10.0 Å². The van der Waals surface area contributed by atoms with Gasteiger partial charge in [0.15, 0.2) is 10.9 Å². The predicted molar refractivity (Wildman–Crippen MR) is 117 cm³/mol. The predicted octanol–water partition coefficient (Wildman–Crippen LogP) is 4.06. The molecule has 0 aliphatic heterocycles. The van der Waals surface area contributed by atoms with Crippen molar-refractivity contribution in [3.63, 3.8) is 0 Å². The number of rotatable bonds is 9. The Hall–Kier alpha value is -2.16. The number of aromatic nitrogens is 2. The van der Waals surface area contributed by atoms with Crippen molar-refractivity contribution in [2.75, 3.05) is 19.8 Å². The summed E-state index contributed by atoms with van der Waals surface area (Å²) in [7, 11) is -0.508. The van der Waals surface area contributed by atoms with Crippen LogP contribution in [0.5, 0.6) is 0 Å². The van der Waals surface area contributed by atoms with E-state index in [9.17, 15) is 13.2 Å². The lowest BCUT2D eigenvalue weighted by atomic mass is 10.2. The van der Waals surface area contributed by atoms with E-state index >= 15 is 0 Å². The van der Waals surface area contributed by atoms with Gasteiger partial charge in [0, 0.05) is 26.2 Å². The molecule has 0 bridgehead atoms. The van der Waals surface area contributed by atoms with Gasteiger partial charge < -0.3 is 4.57 Å². The molecule has 0 fully saturated rings. The minimum absolute atomic E-state index is 0.0422. The summed E-state index contributed by atoms with van der Waals surface area (Å²) in [5, 5.41) is 0.733. The summed E-state index contributed by atoms with van der Waals surface area (Å²) in [5.41, 5.74) is 2.18. The third kappa shape index (κ3) is 4.71. The number of carbonyl (C=O) groups is 1. The third-order valence-corrected chi connectivity index (χ3v) is 7.41. The summed E-state index contributed by atoms with van der Waals surface area (Å²) in [5.74, 6) is 0.322. The van der Waals surface area contributed by atoms with Gasteiger partial charge in [0.25, 0.3) is 0 Å². The molecule has 0 atom stereocenters. The number of Topliss-reactive ketones (excluding diaryl/α,β-unsaturated/α-hetero) is 1. The first kappa shape index (κ1) is 21.5. The molecule has 0 amide bonds. The minimum Gasteiger partial charge on any atom is -0.319 e. The average Bonchev–Trinajstić information content (AvgIpc) is 3.07. The second kappa shape index (κ2) is 9.11. The molecule has 0 unspecified atom stereocenters. The van der Waals surface area contributed by atoms with Crippen LogP contribution in [0.25, 0.3) is 11.0 Å². The van der Waals surface area contributed by atoms with Crippen LogP contribution in [0.3, 0.4) is 0 Å². The zero-order valence-corrected chi connectivity index (χ0v) is 18.5. The Morgan fingerprint density at radius 2 is 1.86 bits per heavy atom. The summed E-state index contributed by atoms with van der Waals surface area (Å²) >= 11 is 1.39. The molecule has 0 spiro atoms. The first-order valence-electron chi connectivity index (χ1n) is 9.48. The van der Waals surface area contributed by atoms with Crippen LogP contribution in [0.4, 0.5) is 0 Å². The van der Waals surface area contributed by atoms with Crippen molar-refractivity contribution in [2.45, 2.75) is 36.4 Å². The maximum Gasteiger partial charge on any atom is 0.242 e. The van der Waals surface area contributed by atoms with E-state index in [1.54, 1.807) is 30.3 Å². The van der Waals surface area contributed by atoms with E-state index in [4.69, 9.17) is 0 Å². The van der Waals surface area contributed by atoms with Crippen LogP contribution in [-0.4, -0.2) is 47.9 Å². The Balaban J connectivity index is 1.93. The number of ketones is 1. The maximum absolute atomic E-state index is 12.5. The van der Waals surface area contributed by atoms with Crippen LogP contribution in [0.1, 0.15) is 30.1 Å². The summed E-state index contributed by atoms with van der Waals surface area (Å²) in [4.78, 5) is 17.3. The van der Waals surface area contributed by atoms with Gasteiger partial charge in [-0.3, -0.25) is 4.79 Å². The van der Waals surface area contributed by atoms with Crippen molar-refractivity contribution in [3.05, 3.63) is 54.1 Å². The molecular weight excluding hydrogens is 406 g/mol. The molecule has 1 aromatic heterocycles. The number of unbranched alkanes of at least 4 members (excludes halogenated alkanes) is 1. The van der Waals surface area contributed by atoms with Gasteiger partial charge >= 0.3 is 0 Å². The smallest absolute Gasteiger partial charge is 0.242 e. The molecule has 0 aliphatic carbocycles. The number of benzene rings is 2. The second-order valence-electron chi connectivity index (χ2n) is 6.92. The van der Waals surface area contributed by atoms with Crippen LogP contribution < -0.4 is 0 Å². The number of thioether (sulfide) groups is 1. The molecule has 0 saturated heterocycles. The first-order chi connectivity index (χ1) is 13.8. The third-order valence-electron chi connectivity index (χ3n) is 4.63. The van der Waals surface area contributed by atoms with Gasteiger partial charge in [-0.2, -0.15) is 0 Å². The molecule has 0 aliphatic rings. The summed E-state index contributed by atoms with van der Waals surface area (Å²) in [6.07, 6.45) is 2.00. The molecule has 1 heterocycles. The Morgan fingerprint density at radius 1 is 1.14 bits per heavy atom. The van der Waals surface area contributed by atoms with Crippen molar-refractivity contribution in [2.24, 2.45) is 0 Å². The van der Waals surface area contributed by atoms with Gasteiger partial charge in [-0.1, -0.05) is 55.4 Å². The van der Waals surface area contributed by atoms with Crippen LogP contribution in [0.2, 0.25) is 0 Å². The Labute approximate surface area is 176 Å². The monoisotopic (exact) mass is 431 g/mol. The quantitative estimate of drug-likeness (QED) is 0.377. The van der Waals surface area contributed by atoms with Crippen LogP contribution >= 0.6 is 11.8 Å². The molecule has 0 radical (unpaired) electrons. The summed E-state index contributed by atoms with van der Waals surface area (Å²) in [6.45, 7) is 2.89. The normalized spacial score (nSPS) is 12.0. The van der Waals surface area contributed by atoms with E-state index in [0.717, 1.165) is 30.1 Å². The molecule has 0 saturated carbocycles. The lowest BCUT2D eigenvalue weighted by Crippen LogP contribution is -2.22. The van der Waals surface area contributed by atoms with Gasteiger partial charge in [-0.05, 0) is 24.6 Å². The number of hydrogen-bond acceptors (Lipinski definition) is 5. The number of sulfonamides is 1. The van der Waals surface area contributed by atoms with Crippen LogP contribution in [-0.2, 0) is 16.6 Å². The maximum atomic E-state index is 12.5.